The molecule has 0 atom stereocenters. The molecule has 0 aliphatic carbocycles. The van der Waals surface area contributed by atoms with Gasteiger partial charge in [-0.3, -0.25) is 4.79 Å². The summed E-state index contributed by atoms with van der Waals surface area (Å²) < 4.78 is 0. The zero-order valence-electron chi connectivity index (χ0n) is 10.7. The molecule has 100 valence electrons. The van der Waals surface area contributed by atoms with Crippen LogP contribution in [0.3, 0.4) is 0 Å². The van der Waals surface area contributed by atoms with E-state index in [1.807, 2.05) is 13.0 Å². The fraction of sp³-hybridized carbons (Fsp3) is 0.133. The maximum Gasteiger partial charge on any atom is 0.307 e. The first-order chi connectivity index (χ1) is 9.56. The molecule has 0 saturated carbocycles. The summed E-state index contributed by atoms with van der Waals surface area (Å²) in [7, 11) is 0. The molecule has 1 N–H and O–H groups in total. The summed E-state index contributed by atoms with van der Waals surface area (Å²) in [5, 5.41) is 9.01. The molecule has 0 unspecified atom stereocenters. The van der Waals surface area contributed by atoms with E-state index < -0.39 is 5.97 Å². The van der Waals surface area contributed by atoms with E-state index in [2.05, 4.69) is 21.8 Å². The molecule has 0 amide bonds. The second-order valence-corrected chi connectivity index (χ2v) is 4.49. The molecule has 0 spiro atoms. The van der Waals surface area contributed by atoms with Gasteiger partial charge in [0, 0.05) is 17.3 Å². The summed E-state index contributed by atoms with van der Waals surface area (Å²) in [4.78, 5) is 18.7. The number of carboxylic acids is 1. The summed E-state index contributed by atoms with van der Waals surface area (Å²) in [6, 6.07) is 7.13. The fourth-order valence-corrected chi connectivity index (χ4v) is 1.77. The zero-order valence-corrected chi connectivity index (χ0v) is 11.5. The Morgan fingerprint density at radius 1 is 1.35 bits per heavy atom. The second kappa shape index (κ2) is 6.18. The summed E-state index contributed by atoms with van der Waals surface area (Å²) >= 11 is 5.73. The Morgan fingerprint density at radius 3 is 2.85 bits per heavy atom. The van der Waals surface area contributed by atoms with Crippen LogP contribution in [0.2, 0.25) is 5.28 Å². The number of aromatic nitrogens is 2. The van der Waals surface area contributed by atoms with E-state index >= 15 is 0 Å². The number of aliphatic carboxylic acids is 1. The lowest BCUT2D eigenvalue weighted by Crippen LogP contribution is -2.02. The van der Waals surface area contributed by atoms with Gasteiger partial charge in [-0.05, 0) is 36.1 Å². The third-order valence-corrected chi connectivity index (χ3v) is 2.80. The van der Waals surface area contributed by atoms with Crippen LogP contribution in [0.4, 0.5) is 0 Å². The van der Waals surface area contributed by atoms with E-state index in [9.17, 15) is 4.79 Å². The van der Waals surface area contributed by atoms with Crippen molar-refractivity contribution in [2.45, 2.75) is 13.3 Å². The maximum atomic E-state index is 10.8. The van der Waals surface area contributed by atoms with Gasteiger partial charge in [0.2, 0.25) is 5.28 Å². The Kier molecular flexibility index (Phi) is 4.34. The third-order valence-electron chi connectivity index (χ3n) is 2.62. The number of carbonyl (C=O) groups is 1. The van der Waals surface area contributed by atoms with Crippen LogP contribution in [-0.2, 0) is 11.2 Å². The van der Waals surface area contributed by atoms with Crippen LogP contribution in [0, 0.1) is 18.8 Å². The van der Waals surface area contributed by atoms with Crippen molar-refractivity contribution < 1.29 is 9.90 Å². The van der Waals surface area contributed by atoms with Crippen molar-refractivity contribution in [3.05, 3.63) is 58.1 Å². The average Bonchev–Trinajstić information content (AvgIpc) is 2.41. The first-order valence-electron chi connectivity index (χ1n) is 5.87. The summed E-state index contributed by atoms with van der Waals surface area (Å²) in [5.74, 6) is 4.96. The van der Waals surface area contributed by atoms with Gasteiger partial charge in [0.25, 0.3) is 0 Å². The highest BCUT2D eigenvalue weighted by atomic mass is 35.5. The topological polar surface area (TPSA) is 63.1 Å². The SMILES string of the molecule is Cc1cnc(Cl)nc1C#Cc1ccccc1CC(=O)O. The molecule has 4 nitrogen and oxygen atoms in total. The first kappa shape index (κ1) is 14.0. The molecule has 2 aromatic rings. The molecular weight excluding hydrogens is 276 g/mol. The molecule has 0 bridgehead atoms. The van der Waals surface area contributed by atoms with Gasteiger partial charge in [0.1, 0.15) is 5.69 Å². The van der Waals surface area contributed by atoms with Gasteiger partial charge >= 0.3 is 5.97 Å². The Morgan fingerprint density at radius 2 is 2.10 bits per heavy atom. The molecule has 1 aromatic heterocycles. The van der Waals surface area contributed by atoms with Crippen molar-refractivity contribution in [2.24, 2.45) is 0 Å². The number of benzene rings is 1. The normalized spacial score (nSPS) is 9.70. The van der Waals surface area contributed by atoms with E-state index in [1.54, 1.807) is 24.4 Å². The van der Waals surface area contributed by atoms with Gasteiger partial charge in [0.05, 0.1) is 6.42 Å². The minimum atomic E-state index is -0.888. The van der Waals surface area contributed by atoms with Crippen LogP contribution in [0.15, 0.2) is 30.5 Å². The van der Waals surface area contributed by atoms with Crippen molar-refractivity contribution in [1.82, 2.24) is 9.97 Å². The highest BCUT2D eigenvalue weighted by Gasteiger charge is 2.04. The zero-order chi connectivity index (χ0) is 14.5. The molecule has 2 rings (SSSR count). The second-order valence-electron chi connectivity index (χ2n) is 4.15. The van der Waals surface area contributed by atoms with Crippen molar-refractivity contribution in [3.63, 3.8) is 0 Å². The lowest BCUT2D eigenvalue weighted by atomic mass is 10.0. The highest BCUT2D eigenvalue weighted by Crippen LogP contribution is 2.10. The van der Waals surface area contributed by atoms with Crippen LogP contribution in [-0.4, -0.2) is 21.0 Å². The molecule has 0 saturated heterocycles. The van der Waals surface area contributed by atoms with Crippen molar-refractivity contribution >= 4 is 17.6 Å². The molecule has 0 radical (unpaired) electrons. The predicted octanol–water partition coefficient (Wildman–Crippen LogP) is 2.47. The van der Waals surface area contributed by atoms with Crippen LogP contribution in [0.5, 0.6) is 0 Å². The molecular formula is C15H11ClN2O2. The standard InChI is InChI=1S/C15H11ClN2O2/c1-10-9-17-15(16)18-13(10)7-6-11-4-2-3-5-12(11)8-14(19)20/h2-5,9H,8H2,1H3,(H,19,20). The highest BCUT2D eigenvalue weighted by molar-refractivity contribution is 6.28. The van der Waals surface area contributed by atoms with Crippen molar-refractivity contribution in [2.75, 3.05) is 0 Å². The average molecular weight is 287 g/mol. The minimum Gasteiger partial charge on any atom is -0.481 e. The quantitative estimate of drug-likeness (QED) is 0.680. The molecule has 0 aliphatic rings. The summed E-state index contributed by atoms with van der Waals surface area (Å²) in [6.45, 7) is 1.84. The maximum absolute atomic E-state index is 10.8. The third kappa shape index (κ3) is 3.56. The molecule has 20 heavy (non-hydrogen) atoms. The van der Waals surface area contributed by atoms with Gasteiger partial charge < -0.3 is 5.11 Å². The number of aryl methyl sites for hydroxylation is 1. The van der Waals surface area contributed by atoms with Gasteiger partial charge in [-0.2, -0.15) is 0 Å². The molecule has 0 fully saturated rings. The monoisotopic (exact) mass is 286 g/mol. The van der Waals surface area contributed by atoms with Gasteiger partial charge in [-0.25, -0.2) is 9.97 Å². The number of carboxylic acid groups (broad SMARTS) is 1. The number of hydrogen-bond acceptors (Lipinski definition) is 3. The van der Waals surface area contributed by atoms with E-state index in [-0.39, 0.29) is 11.7 Å². The Balaban J connectivity index is 2.38. The molecule has 1 aromatic carbocycles. The summed E-state index contributed by atoms with van der Waals surface area (Å²) in [6.07, 6.45) is 1.54. The van der Waals surface area contributed by atoms with Crippen LogP contribution >= 0.6 is 11.6 Å². The van der Waals surface area contributed by atoms with Gasteiger partial charge in [0.15, 0.2) is 0 Å². The lowest BCUT2D eigenvalue weighted by molar-refractivity contribution is -0.136. The number of hydrogen-bond donors (Lipinski definition) is 1. The van der Waals surface area contributed by atoms with Crippen LogP contribution in [0.25, 0.3) is 0 Å². The van der Waals surface area contributed by atoms with E-state index in [0.29, 0.717) is 16.8 Å². The number of rotatable bonds is 2. The lowest BCUT2D eigenvalue weighted by Gasteiger charge is -2.00. The predicted molar refractivity (Wildman–Crippen MR) is 75.5 cm³/mol. The Labute approximate surface area is 121 Å². The Bertz CT molecular complexity index is 717. The van der Waals surface area contributed by atoms with E-state index in [0.717, 1.165) is 5.56 Å². The minimum absolute atomic E-state index is 0.0611. The molecule has 1 heterocycles. The molecule has 0 aliphatic heterocycles. The van der Waals surface area contributed by atoms with Crippen molar-refractivity contribution in [3.8, 4) is 11.8 Å². The first-order valence-corrected chi connectivity index (χ1v) is 6.25. The number of halogens is 1. The van der Waals surface area contributed by atoms with Crippen LogP contribution in [0.1, 0.15) is 22.4 Å². The number of nitrogens with zero attached hydrogens (tertiary/aromatic N) is 2. The van der Waals surface area contributed by atoms with Gasteiger partial charge in [-0.15, -0.1) is 0 Å². The smallest absolute Gasteiger partial charge is 0.307 e. The van der Waals surface area contributed by atoms with Gasteiger partial charge in [-0.1, -0.05) is 24.1 Å². The molecule has 5 heteroatoms. The fourth-order valence-electron chi connectivity index (χ4n) is 1.63. The Hall–Kier alpha value is -2.38. The van der Waals surface area contributed by atoms with Crippen molar-refractivity contribution in [1.29, 1.82) is 0 Å². The van der Waals surface area contributed by atoms with E-state index in [1.165, 1.54) is 0 Å². The van der Waals surface area contributed by atoms with E-state index in [4.69, 9.17) is 16.7 Å². The van der Waals surface area contributed by atoms with Crippen LogP contribution < -0.4 is 0 Å². The largest absolute Gasteiger partial charge is 0.481 e. The summed E-state index contributed by atoms with van der Waals surface area (Å²) in [5.41, 5.74) is 2.70.